The first-order valence-corrected chi connectivity index (χ1v) is 8.96. The summed E-state index contributed by atoms with van der Waals surface area (Å²) in [4.78, 5) is 25.5. The molecular weight excluding hydrogens is 340 g/mol. The number of rotatable bonds is 10. The zero-order chi connectivity index (χ0) is 18.1. The van der Waals surface area contributed by atoms with E-state index in [-0.39, 0.29) is 11.6 Å². The number of hydrogen-bond donors (Lipinski definition) is 2. The van der Waals surface area contributed by atoms with Gasteiger partial charge in [-0.3, -0.25) is 19.8 Å². The second-order valence-electron chi connectivity index (χ2n) is 5.46. The summed E-state index contributed by atoms with van der Waals surface area (Å²) in [6.07, 6.45) is 0. The van der Waals surface area contributed by atoms with Crippen molar-refractivity contribution in [1.82, 2.24) is 10.2 Å². The van der Waals surface area contributed by atoms with Crippen molar-refractivity contribution in [3.05, 3.63) is 56.8 Å². The van der Waals surface area contributed by atoms with Gasteiger partial charge in [-0.2, -0.15) is 0 Å². The van der Waals surface area contributed by atoms with Gasteiger partial charge in [0, 0.05) is 42.3 Å². The average Bonchev–Trinajstić information content (AvgIpc) is 3.11. The summed E-state index contributed by atoms with van der Waals surface area (Å²) in [5.41, 5.74) is 0.844. The number of likely N-dealkylation sites (N-methyl/N-ethyl adjacent to an activating group) is 1. The van der Waals surface area contributed by atoms with Crippen LogP contribution in [0.2, 0.25) is 0 Å². The third kappa shape index (κ3) is 6.52. The van der Waals surface area contributed by atoms with Crippen LogP contribution in [0.5, 0.6) is 0 Å². The average molecular weight is 362 g/mol. The number of nitrogens with zero attached hydrogens (tertiary/aromatic N) is 2. The third-order valence-corrected chi connectivity index (χ3v) is 4.49. The van der Waals surface area contributed by atoms with Crippen LogP contribution in [0.4, 0.5) is 11.4 Å². The van der Waals surface area contributed by atoms with Gasteiger partial charge >= 0.3 is 0 Å². The number of non-ortho nitro benzene ring substituents is 1. The molecule has 0 aliphatic rings. The fourth-order valence-corrected chi connectivity index (χ4v) is 3.02. The number of carbonyl (C=O) groups excluding carboxylic acids is 1. The summed E-state index contributed by atoms with van der Waals surface area (Å²) in [6.45, 7) is 5.05. The van der Waals surface area contributed by atoms with Crippen LogP contribution < -0.4 is 10.6 Å². The van der Waals surface area contributed by atoms with Gasteiger partial charge in [0.05, 0.1) is 11.5 Å². The highest BCUT2D eigenvalue weighted by molar-refractivity contribution is 7.09. The summed E-state index contributed by atoms with van der Waals surface area (Å²) >= 11 is 1.69. The lowest BCUT2D eigenvalue weighted by Gasteiger charge is -2.19. The van der Waals surface area contributed by atoms with Crippen molar-refractivity contribution in [3.8, 4) is 0 Å². The SMILES string of the molecule is CCN(CC(=O)NCCNc1ccc([N+](=O)[O-])cc1)Cc1cccs1. The molecule has 8 heteroatoms. The van der Waals surface area contributed by atoms with Crippen LogP contribution in [-0.4, -0.2) is 41.9 Å². The number of anilines is 1. The molecule has 1 heterocycles. The molecule has 0 fully saturated rings. The number of thiophene rings is 1. The number of nitro groups is 1. The quantitative estimate of drug-likeness (QED) is 0.385. The van der Waals surface area contributed by atoms with Gasteiger partial charge < -0.3 is 10.6 Å². The minimum absolute atomic E-state index is 0.0103. The van der Waals surface area contributed by atoms with E-state index in [1.807, 2.05) is 18.4 Å². The molecule has 0 atom stereocenters. The van der Waals surface area contributed by atoms with Gasteiger partial charge in [0.1, 0.15) is 0 Å². The lowest BCUT2D eigenvalue weighted by atomic mass is 10.3. The molecule has 0 bridgehead atoms. The van der Waals surface area contributed by atoms with E-state index in [9.17, 15) is 14.9 Å². The Kier molecular flexibility index (Phi) is 7.36. The second kappa shape index (κ2) is 9.75. The van der Waals surface area contributed by atoms with E-state index < -0.39 is 4.92 Å². The number of nitro benzene ring substituents is 1. The Morgan fingerprint density at radius 3 is 2.60 bits per heavy atom. The first kappa shape index (κ1) is 18.9. The molecule has 0 aliphatic carbocycles. The molecule has 25 heavy (non-hydrogen) atoms. The molecule has 0 spiro atoms. The molecule has 2 aromatic rings. The summed E-state index contributed by atoms with van der Waals surface area (Å²) in [5.74, 6) is -0.0103. The van der Waals surface area contributed by atoms with Crippen LogP contribution in [0.25, 0.3) is 0 Å². The zero-order valence-electron chi connectivity index (χ0n) is 14.1. The highest BCUT2D eigenvalue weighted by Crippen LogP contribution is 2.15. The normalized spacial score (nSPS) is 10.6. The molecule has 134 valence electrons. The molecule has 0 unspecified atom stereocenters. The lowest BCUT2D eigenvalue weighted by molar-refractivity contribution is -0.384. The standard InChI is InChI=1S/C17H22N4O3S/c1-2-20(12-16-4-3-11-25-16)13-17(22)19-10-9-18-14-5-7-15(8-6-14)21(23)24/h3-8,11,18H,2,9-10,12-13H2,1H3,(H,19,22). The Hall–Kier alpha value is -2.45. The molecule has 0 saturated carbocycles. The maximum atomic E-state index is 12.0. The Bertz CT molecular complexity index is 674. The first-order valence-electron chi connectivity index (χ1n) is 8.08. The van der Waals surface area contributed by atoms with Crippen molar-refractivity contribution in [2.24, 2.45) is 0 Å². The number of nitrogens with one attached hydrogen (secondary N) is 2. The Labute approximate surface area is 150 Å². The van der Waals surface area contributed by atoms with Crippen molar-refractivity contribution in [2.45, 2.75) is 13.5 Å². The van der Waals surface area contributed by atoms with Crippen LogP contribution in [0, 0.1) is 10.1 Å². The summed E-state index contributed by atoms with van der Waals surface area (Å²) in [5, 5.41) is 18.6. The molecular formula is C17H22N4O3S. The fraction of sp³-hybridized carbons (Fsp3) is 0.353. The van der Waals surface area contributed by atoms with E-state index in [0.717, 1.165) is 18.8 Å². The smallest absolute Gasteiger partial charge is 0.269 e. The fourth-order valence-electron chi connectivity index (χ4n) is 2.27. The van der Waals surface area contributed by atoms with Gasteiger partial charge in [-0.1, -0.05) is 13.0 Å². The molecule has 0 aliphatic heterocycles. The molecule has 1 aromatic heterocycles. The molecule has 1 aromatic carbocycles. The van der Waals surface area contributed by atoms with Gasteiger partial charge in [0.25, 0.3) is 5.69 Å². The highest BCUT2D eigenvalue weighted by Gasteiger charge is 2.10. The third-order valence-electron chi connectivity index (χ3n) is 3.63. The Balaban J connectivity index is 1.66. The molecule has 0 saturated heterocycles. The number of hydrogen-bond acceptors (Lipinski definition) is 6. The summed E-state index contributed by atoms with van der Waals surface area (Å²) < 4.78 is 0. The maximum absolute atomic E-state index is 12.0. The Morgan fingerprint density at radius 1 is 1.24 bits per heavy atom. The van der Waals surface area contributed by atoms with Crippen LogP contribution in [0.3, 0.4) is 0 Å². The van der Waals surface area contributed by atoms with Crippen LogP contribution in [-0.2, 0) is 11.3 Å². The molecule has 0 radical (unpaired) electrons. The number of benzene rings is 1. The van der Waals surface area contributed by atoms with E-state index in [1.165, 1.54) is 17.0 Å². The lowest BCUT2D eigenvalue weighted by Crippen LogP contribution is -2.38. The maximum Gasteiger partial charge on any atom is 0.269 e. The Morgan fingerprint density at radius 2 is 2.00 bits per heavy atom. The van der Waals surface area contributed by atoms with Gasteiger partial charge in [0.15, 0.2) is 0 Å². The highest BCUT2D eigenvalue weighted by atomic mass is 32.1. The first-order chi connectivity index (χ1) is 12.1. The molecule has 2 N–H and O–H groups in total. The predicted octanol–water partition coefficient (Wildman–Crippen LogP) is 2.71. The van der Waals surface area contributed by atoms with Gasteiger partial charge in [-0.25, -0.2) is 0 Å². The van der Waals surface area contributed by atoms with Crippen LogP contribution >= 0.6 is 11.3 Å². The van der Waals surface area contributed by atoms with E-state index >= 15 is 0 Å². The van der Waals surface area contributed by atoms with Crippen molar-refractivity contribution >= 4 is 28.6 Å². The zero-order valence-corrected chi connectivity index (χ0v) is 14.9. The van der Waals surface area contributed by atoms with Crippen molar-refractivity contribution < 1.29 is 9.72 Å². The van der Waals surface area contributed by atoms with E-state index in [1.54, 1.807) is 23.5 Å². The van der Waals surface area contributed by atoms with Gasteiger partial charge in [-0.15, -0.1) is 11.3 Å². The van der Waals surface area contributed by atoms with E-state index in [0.29, 0.717) is 19.6 Å². The van der Waals surface area contributed by atoms with Crippen molar-refractivity contribution in [2.75, 3.05) is 31.5 Å². The number of carbonyl (C=O) groups is 1. The van der Waals surface area contributed by atoms with E-state index in [4.69, 9.17) is 0 Å². The van der Waals surface area contributed by atoms with Gasteiger partial charge in [-0.05, 0) is 30.1 Å². The van der Waals surface area contributed by atoms with Crippen molar-refractivity contribution in [1.29, 1.82) is 0 Å². The molecule has 2 rings (SSSR count). The minimum atomic E-state index is -0.431. The monoisotopic (exact) mass is 362 g/mol. The van der Waals surface area contributed by atoms with Crippen molar-refractivity contribution in [3.63, 3.8) is 0 Å². The van der Waals surface area contributed by atoms with E-state index in [2.05, 4.69) is 21.6 Å². The summed E-state index contributed by atoms with van der Waals surface area (Å²) in [6, 6.07) is 10.3. The molecule has 1 amide bonds. The summed E-state index contributed by atoms with van der Waals surface area (Å²) in [7, 11) is 0. The largest absolute Gasteiger partial charge is 0.383 e. The predicted molar refractivity (Wildman–Crippen MR) is 99.9 cm³/mol. The van der Waals surface area contributed by atoms with Crippen LogP contribution in [0.15, 0.2) is 41.8 Å². The van der Waals surface area contributed by atoms with Crippen LogP contribution in [0.1, 0.15) is 11.8 Å². The molecule has 7 nitrogen and oxygen atoms in total. The topological polar surface area (TPSA) is 87.5 Å². The second-order valence-corrected chi connectivity index (χ2v) is 6.50. The van der Waals surface area contributed by atoms with Gasteiger partial charge in [0.2, 0.25) is 5.91 Å². The minimum Gasteiger partial charge on any atom is -0.383 e. The number of amides is 1.